The van der Waals surface area contributed by atoms with Crippen LogP contribution in [0.25, 0.3) is 10.9 Å². The Morgan fingerprint density at radius 3 is 1.86 bits per heavy atom. The smallest absolute Gasteiger partial charge is 0.408 e. The van der Waals surface area contributed by atoms with Crippen LogP contribution in [-0.2, 0) is 67.2 Å². The highest BCUT2D eigenvalue weighted by Gasteiger charge is 2.37. The molecule has 3 aromatic carbocycles. The van der Waals surface area contributed by atoms with E-state index in [1.807, 2.05) is 93.6 Å². The molecule has 4 aromatic rings. The molecule has 26 heteroatoms. The Morgan fingerprint density at radius 1 is 0.648 bits per heavy atom. The summed E-state index contributed by atoms with van der Waals surface area (Å²) in [4.78, 5) is 144. The van der Waals surface area contributed by atoms with E-state index in [-0.39, 0.29) is 68.4 Å². The minimum atomic E-state index is -1.75. The monoisotopic (exact) mass is 1300 g/mol. The summed E-state index contributed by atoms with van der Waals surface area (Å²) in [6, 6.07) is 12.2. The third kappa shape index (κ3) is 23.8. The lowest BCUT2D eigenvalue weighted by atomic mass is 9.98. The zero-order valence-corrected chi connectivity index (χ0v) is 55.5. The predicted molar refractivity (Wildman–Crippen MR) is 351 cm³/mol. The van der Waals surface area contributed by atoms with Crippen LogP contribution in [0.5, 0.6) is 0 Å². The number of amides is 9. The van der Waals surface area contributed by atoms with E-state index < -0.39 is 131 Å². The van der Waals surface area contributed by atoms with Crippen molar-refractivity contribution in [2.45, 2.75) is 187 Å². The van der Waals surface area contributed by atoms with Crippen LogP contribution in [0.4, 0.5) is 4.79 Å². The van der Waals surface area contributed by atoms with Gasteiger partial charge in [-0.2, -0.15) is 0 Å². The number of nitrogens with one attached hydrogen (secondary N) is 11. The predicted octanol–water partition coefficient (Wildman–Crippen LogP) is 4.04. The molecule has 1 fully saturated rings. The molecule has 0 radical (unpaired) electrons. The van der Waals surface area contributed by atoms with Gasteiger partial charge in [0.1, 0.15) is 53.9 Å². The van der Waals surface area contributed by atoms with Gasteiger partial charge in [0, 0.05) is 48.0 Å². The fraction of sp³-hybridized carbons (Fsp3) is 0.538. The molecule has 498 valence electrons. The van der Waals surface area contributed by atoms with Crippen LogP contribution in [0.15, 0.2) is 85.1 Å². The molecule has 91 heavy (non-hydrogen) atoms. The lowest BCUT2D eigenvalue weighted by molar-refractivity contribution is -0.142. The summed E-state index contributed by atoms with van der Waals surface area (Å²) in [5.41, 5.74) is 3.02. The summed E-state index contributed by atoms with van der Waals surface area (Å²) < 4.78 is 5.36. The lowest BCUT2D eigenvalue weighted by Gasteiger charge is -2.29. The van der Waals surface area contributed by atoms with Crippen molar-refractivity contribution < 1.29 is 62.9 Å². The van der Waals surface area contributed by atoms with Gasteiger partial charge in [-0.05, 0) is 106 Å². The molecular formula is C65H93N11O13S2. The van der Waals surface area contributed by atoms with Gasteiger partial charge >= 0.3 is 12.1 Å². The number of carbonyl (C=O) groups is 10. The van der Waals surface area contributed by atoms with E-state index >= 15 is 9.59 Å². The van der Waals surface area contributed by atoms with Crippen molar-refractivity contribution in [3.63, 3.8) is 0 Å². The van der Waals surface area contributed by atoms with Crippen molar-refractivity contribution in [2.75, 3.05) is 24.6 Å². The van der Waals surface area contributed by atoms with E-state index in [4.69, 9.17) is 4.74 Å². The average molecular weight is 1300 g/mol. The first-order valence-electron chi connectivity index (χ1n) is 31.0. The Balaban J connectivity index is 1.51. The molecule has 10 atom stereocenters. The molecule has 2 heterocycles. The number of hydrogen-bond acceptors (Lipinski definition) is 15. The van der Waals surface area contributed by atoms with Crippen LogP contribution in [0.1, 0.15) is 124 Å². The Morgan fingerprint density at radius 2 is 1.24 bits per heavy atom. The Labute approximate surface area is 540 Å². The number of carboxylic acid groups (broad SMARTS) is 1. The van der Waals surface area contributed by atoms with Gasteiger partial charge in [0.15, 0.2) is 0 Å². The van der Waals surface area contributed by atoms with Crippen molar-refractivity contribution in [3.05, 3.63) is 107 Å². The number of alkyl carbamates (subject to hydrolysis) is 1. The minimum Gasteiger partial charge on any atom is -0.480 e. The number of aliphatic carboxylic acids is 1. The summed E-state index contributed by atoms with van der Waals surface area (Å²) in [6.45, 7) is 19.6. The van der Waals surface area contributed by atoms with E-state index in [2.05, 4.69) is 58.2 Å². The van der Waals surface area contributed by atoms with Gasteiger partial charge in [-0.25, -0.2) is 9.59 Å². The summed E-state index contributed by atoms with van der Waals surface area (Å²) in [5, 5.41) is 49.8. The van der Waals surface area contributed by atoms with Gasteiger partial charge in [-0.1, -0.05) is 143 Å². The number of carboxylic acids is 1. The Kier molecular flexibility index (Phi) is 29.1. The van der Waals surface area contributed by atoms with E-state index in [1.54, 1.807) is 60.7 Å². The topological polar surface area (TPSA) is 356 Å². The SMILES string of the molecule is CCNC(Cc1ccccc1)C(=O)N[C@H]1CSSC[C@@H](C(=O)O)NC(=O)C(C(C)O)NC(=O)[C@H](CCCCNC(=O)[C@@H](NC(=O)[C@@H](NC(=O)OC(C)(C)C)C(C)C)C(C)C)NC(=O)[C@@H](Cc2c[nH]c3ccccc23)NC(=O)[C@H](Cc2ccc(C(C)C)cc2)NC1=O. The Hall–Kier alpha value is -7.68. The minimum absolute atomic E-state index is 0.0243. The average Bonchev–Trinajstić information content (AvgIpc) is 2.03. The molecule has 5 rings (SSSR count). The molecule has 0 spiro atoms. The molecule has 0 aliphatic carbocycles. The first-order valence-corrected chi connectivity index (χ1v) is 33.5. The summed E-state index contributed by atoms with van der Waals surface area (Å²) in [6.07, 6.45) is -0.488. The number of aliphatic hydroxyl groups excluding tert-OH is 1. The van der Waals surface area contributed by atoms with Crippen molar-refractivity contribution >= 4 is 91.8 Å². The lowest BCUT2D eigenvalue weighted by Crippen LogP contribution is -2.61. The first-order chi connectivity index (χ1) is 43.0. The standard InChI is InChI=1S/C65H93N11O13S2/c1-12-66-47(30-40-20-14-13-15-21-40)56(79)72-50-34-90-91-35-51(63(86)87)73-62(85)54(39(8)77)75-55(78)46(24-18-19-29-67-60(83)52(37(4)5)74-61(84)53(38(6)7)76-64(88)89-65(9,10)11)69-58(81)49(32-43-33-68-45-23-17-16-22-44(43)45)71-57(80)48(70-59(50)82)31-41-25-27-42(28-26-41)36(2)3/h13-17,20-23,25-28,33,36-39,46-54,66,68,77H,12,18-19,24,29-32,34-35H2,1-11H3,(H,67,83)(H,69,81)(H,70,82)(H,71,80)(H,72,79)(H,73,85)(H,74,84)(H,75,78)(H,76,88)(H,86,87)/t39?,46-,47?,48-,49+,50-,51-,52-,53-,54?/m0/s1. The number of aliphatic hydroxyl groups is 1. The van der Waals surface area contributed by atoms with Gasteiger partial charge in [0.05, 0.1) is 12.1 Å². The number of likely N-dealkylation sites (N-methyl/N-ethyl adjacent to an activating group) is 1. The highest BCUT2D eigenvalue weighted by atomic mass is 33.1. The van der Waals surface area contributed by atoms with E-state index in [1.165, 1.54) is 6.92 Å². The zero-order valence-electron chi connectivity index (χ0n) is 53.9. The van der Waals surface area contributed by atoms with Crippen molar-refractivity contribution in [1.82, 2.24) is 58.2 Å². The number of H-pyrrole nitrogens is 1. The number of rotatable bonds is 24. The number of ether oxygens (including phenoxy) is 1. The van der Waals surface area contributed by atoms with Gasteiger partial charge in [-0.3, -0.25) is 38.4 Å². The molecule has 3 unspecified atom stereocenters. The van der Waals surface area contributed by atoms with E-state index in [0.29, 0.717) is 17.7 Å². The third-order valence-electron chi connectivity index (χ3n) is 15.1. The molecular weight excluding hydrogens is 1210 g/mol. The summed E-state index contributed by atoms with van der Waals surface area (Å²) in [5.74, 6) is -8.61. The largest absolute Gasteiger partial charge is 0.480 e. The van der Waals surface area contributed by atoms with Crippen LogP contribution in [0.2, 0.25) is 0 Å². The highest BCUT2D eigenvalue weighted by Crippen LogP contribution is 2.25. The van der Waals surface area contributed by atoms with Crippen LogP contribution >= 0.6 is 21.6 Å². The van der Waals surface area contributed by atoms with Crippen molar-refractivity contribution in [2.24, 2.45) is 11.8 Å². The number of aromatic amines is 1. The summed E-state index contributed by atoms with van der Waals surface area (Å²) >= 11 is 0. The molecule has 1 saturated heterocycles. The maximum atomic E-state index is 15.2. The van der Waals surface area contributed by atoms with Gasteiger partial charge in [0.2, 0.25) is 47.3 Å². The van der Waals surface area contributed by atoms with Crippen LogP contribution in [0.3, 0.4) is 0 Å². The Bertz CT molecular complexity index is 3100. The number of para-hydroxylation sites is 1. The fourth-order valence-corrected chi connectivity index (χ4v) is 12.3. The maximum Gasteiger partial charge on any atom is 0.408 e. The van der Waals surface area contributed by atoms with Gasteiger partial charge in [-0.15, -0.1) is 0 Å². The van der Waals surface area contributed by atoms with E-state index in [9.17, 15) is 48.6 Å². The van der Waals surface area contributed by atoms with Crippen LogP contribution < -0.4 is 53.2 Å². The van der Waals surface area contributed by atoms with Crippen LogP contribution in [-0.4, -0.2) is 165 Å². The second kappa shape index (κ2) is 35.8. The molecule has 1 aromatic heterocycles. The molecule has 24 nitrogen and oxygen atoms in total. The van der Waals surface area contributed by atoms with Crippen molar-refractivity contribution in [1.29, 1.82) is 0 Å². The van der Waals surface area contributed by atoms with Crippen LogP contribution in [0, 0.1) is 11.8 Å². The zero-order chi connectivity index (χ0) is 67.1. The first kappa shape index (κ1) is 74.1. The molecule has 0 bridgehead atoms. The summed E-state index contributed by atoms with van der Waals surface area (Å²) in [7, 11) is 2.00. The normalized spacial score (nSPS) is 20.6. The number of unbranched alkanes of at least 4 members (excludes halogenated alkanes) is 1. The van der Waals surface area contributed by atoms with Gasteiger partial charge < -0.3 is 73.1 Å². The molecule has 13 N–H and O–H groups in total. The highest BCUT2D eigenvalue weighted by molar-refractivity contribution is 8.76. The fourth-order valence-electron chi connectivity index (χ4n) is 9.98. The quantitative estimate of drug-likeness (QED) is 0.0348. The van der Waals surface area contributed by atoms with Crippen molar-refractivity contribution in [3.8, 4) is 0 Å². The number of hydrogen-bond donors (Lipinski definition) is 13. The second-order valence-corrected chi connectivity index (χ2v) is 27.3. The molecule has 0 saturated carbocycles. The second-order valence-electron chi connectivity index (χ2n) is 24.8. The molecule has 9 amide bonds. The van der Waals surface area contributed by atoms with Gasteiger partial charge in [0.25, 0.3) is 0 Å². The van der Waals surface area contributed by atoms with E-state index in [0.717, 1.165) is 43.6 Å². The molecule has 1 aliphatic heterocycles. The number of carbonyl (C=O) groups excluding carboxylic acids is 9. The number of aromatic nitrogens is 1. The third-order valence-corrected chi connectivity index (χ3v) is 17.5. The maximum absolute atomic E-state index is 15.2. The molecule has 1 aliphatic rings. The number of benzene rings is 3. The number of fused-ring (bicyclic) bond motifs is 1.